The van der Waals surface area contributed by atoms with Crippen LogP contribution in [0.4, 0.5) is 16.0 Å². The van der Waals surface area contributed by atoms with E-state index in [1.165, 1.54) is 18.7 Å². The molecule has 3 heterocycles. The summed E-state index contributed by atoms with van der Waals surface area (Å²) in [4.78, 5) is 27.5. The van der Waals surface area contributed by atoms with Crippen LogP contribution >= 0.6 is 0 Å². The number of nitrogens with one attached hydrogen (secondary N) is 1. The van der Waals surface area contributed by atoms with Crippen LogP contribution in [0.3, 0.4) is 0 Å². The minimum atomic E-state index is -0.234. The molecule has 0 atom stereocenters. The molecule has 0 aliphatic carbocycles. The topological polar surface area (TPSA) is 84.2 Å². The molecule has 150 valence electrons. The number of carbonyl (C=O) groups excluding carboxylic acids is 1. The van der Waals surface area contributed by atoms with Crippen LogP contribution in [0.15, 0.2) is 35.3 Å². The van der Waals surface area contributed by atoms with Gasteiger partial charge in [-0.1, -0.05) is 6.07 Å². The summed E-state index contributed by atoms with van der Waals surface area (Å²) in [6.07, 6.45) is 4.49. The normalized spacial score (nSPS) is 13.3. The van der Waals surface area contributed by atoms with Crippen molar-refractivity contribution in [2.75, 3.05) is 16.8 Å². The van der Waals surface area contributed by atoms with E-state index < -0.39 is 0 Å². The fourth-order valence-corrected chi connectivity index (χ4v) is 3.52. The molecule has 1 aliphatic heterocycles. The molecule has 0 fully saturated rings. The Morgan fingerprint density at radius 3 is 2.76 bits per heavy atom. The van der Waals surface area contributed by atoms with E-state index in [0.717, 1.165) is 29.8 Å². The van der Waals surface area contributed by atoms with E-state index in [-0.39, 0.29) is 11.7 Å². The number of nitrogens with zero attached hydrogens (tertiary/aromatic N) is 4. The Morgan fingerprint density at radius 2 is 2.03 bits per heavy atom. The molecule has 1 amide bonds. The highest BCUT2D eigenvalue weighted by Gasteiger charge is 2.21. The van der Waals surface area contributed by atoms with E-state index in [2.05, 4.69) is 20.3 Å². The van der Waals surface area contributed by atoms with Crippen molar-refractivity contribution in [2.24, 2.45) is 0 Å². The maximum absolute atomic E-state index is 13.6. The first-order valence-electron chi connectivity index (χ1n) is 9.54. The van der Waals surface area contributed by atoms with Gasteiger partial charge in [-0.25, -0.2) is 19.3 Å². The van der Waals surface area contributed by atoms with Gasteiger partial charge >= 0.3 is 0 Å². The lowest BCUT2D eigenvalue weighted by molar-refractivity contribution is -0.116. The van der Waals surface area contributed by atoms with Gasteiger partial charge < -0.3 is 14.6 Å². The molecular weight excluding hydrogens is 373 g/mol. The average Bonchev–Trinajstić information content (AvgIpc) is 3.22. The van der Waals surface area contributed by atoms with Crippen LogP contribution in [0.25, 0.3) is 0 Å². The Hall–Kier alpha value is -3.29. The standard InChI is InChI=1S/C21H22FN5O2/c1-13-20(26-19(28)6-5-18-11-29-12-23-18)14(2)25-21(24-13)27-8-7-15-3-4-17(22)9-16(15)10-27/h3-4,9,11-12H,5-8,10H2,1-2H3,(H,26,28). The quantitative estimate of drug-likeness (QED) is 0.713. The predicted molar refractivity (Wildman–Crippen MR) is 106 cm³/mol. The smallest absolute Gasteiger partial charge is 0.226 e. The average molecular weight is 395 g/mol. The molecule has 8 heteroatoms. The van der Waals surface area contributed by atoms with Crippen LogP contribution in [0.2, 0.25) is 0 Å². The van der Waals surface area contributed by atoms with Gasteiger partial charge in [0.1, 0.15) is 12.1 Å². The Morgan fingerprint density at radius 1 is 1.24 bits per heavy atom. The first kappa shape index (κ1) is 19.0. The second kappa shape index (κ2) is 7.98. The molecule has 0 saturated heterocycles. The van der Waals surface area contributed by atoms with Crippen molar-refractivity contribution in [2.45, 2.75) is 39.7 Å². The van der Waals surface area contributed by atoms with Gasteiger partial charge in [0.15, 0.2) is 6.39 Å². The highest BCUT2D eigenvalue weighted by Crippen LogP contribution is 2.26. The van der Waals surface area contributed by atoms with Crippen molar-refractivity contribution in [3.63, 3.8) is 0 Å². The first-order chi connectivity index (χ1) is 14.0. The summed E-state index contributed by atoms with van der Waals surface area (Å²) < 4.78 is 18.5. The number of amides is 1. The fraction of sp³-hybridized carbons (Fsp3) is 0.333. The Balaban J connectivity index is 1.46. The van der Waals surface area contributed by atoms with Gasteiger partial charge in [0.05, 0.1) is 22.8 Å². The van der Waals surface area contributed by atoms with Crippen LogP contribution in [-0.4, -0.2) is 27.4 Å². The van der Waals surface area contributed by atoms with E-state index in [4.69, 9.17) is 4.42 Å². The lowest BCUT2D eigenvalue weighted by atomic mass is 10.00. The molecular formula is C21H22FN5O2. The highest BCUT2D eigenvalue weighted by atomic mass is 19.1. The second-order valence-corrected chi connectivity index (χ2v) is 7.18. The summed E-state index contributed by atoms with van der Waals surface area (Å²) in [7, 11) is 0. The van der Waals surface area contributed by atoms with Crippen molar-refractivity contribution in [1.82, 2.24) is 15.0 Å². The van der Waals surface area contributed by atoms with Crippen LogP contribution in [0.1, 0.15) is 34.6 Å². The van der Waals surface area contributed by atoms with Crippen molar-refractivity contribution in [1.29, 1.82) is 0 Å². The third-order valence-corrected chi connectivity index (χ3v) is 5.08. The largest absolute Gasteiger partial charge is 0.451 e. The van der Waals surface area contributed by atoms with Crippen molar-refractivity contribution < 1.29 is 13.6 Å². The third-order valence-electron chi connectivity index (χ3n) is 5.08. The molecule has 0 saturated carbocycles. The molecule has 2 aromatic heterocycles. The Kier molecular flexibility index (Phi) is 5.24. The third kappa shape index (κ3) is 4.26. The van der Waals surface area contributed by atoms with Crippen LogP contribution in [0, 0.1) is 19.7 Å². The first-order valence-corrected chi connectivity index (χ1v) is 9.54. The van der Waals surface area contributed by atoms with E-state index in [0.29, 0.717) is 42.4 Å². The zero-order valence-corrected chi connectivity index (χ0v) is 16.4. The van der Waals surface area contributed by atoms with Gasteiger partial charge in [-0.05, 0) is 43.5 Å². The minimum Gasteiger partial charge on any atom is -0.451 e. The van der Waals surface area contributed by atoms with Gasteiger partial charge in [-0.3, -0.25) is 4.79 Å². The van der Waals surface area contributed by atoms with Gasteiger partial charge in [0, 0.05) is 25.9 Å². The molecule has 1 aliphatic rings. The molecule has 4 rings (SSSR count). The van der Waals surface area contributed by atoms with E-state index in [1.807, 2.05) is 24.8 Å². The number of fused-ring (bicyclic) bond motifs is 1. The zero-order chi connectivity index (χ0) is 20.4. The van der Waals surface area contributed by atoms with Crippen LogP contribution in [-0.2, 0) is 24.2 Å². The van der Waals surface area contributed by atoms with E-state index >= 15 is 0 Å². The fourth-order valence-electron chi connectivity index (χ4n) is 3.52. The number of benzene rings is 1. The highest BCUT2D eigenvalue weighted by molar-refractivity contribution is 5.92. The SMILES string of the molecule is Cc1nc(N2CCc3ccc(F)cc3C2)nc(C)c1NC(=O)CCc1cocn1. The van der Waals surface area contributed by atoms with Crippen molar-refractivity contribution >= 4 is 17.5 Å². The molecule has 7 nitrogen and oxygen atoms in total. The van der Waals surface area contributed by atoms with E-state index in [1.54, 1.807) is 6.07 Å². The maximum atomic E-state index is 13.6. The van der Waals surface area contributed by atoms with Crippen LogP contribution < -0.4 is 10.2 Å². The number of aryl methyl sites for hydroxylation is 3. The van der Waals surface area contributed by atoms with Gasteiger partial charge in [0.2, 0.25) is 11.9 Å². The van der Waals surface area contributed by atoms with Crippen LogP contribution in [0.5, 0.6) is 0 Å². The summed E-state index contributed by atoms with van der Waals surface area (Å²) in [5.74, 6) is 0.232. The lowest BCUT2D eigenvalue weighted by Crippen LogP contribution is -2.32. The van der Waals surface area contributed by atoms with Gasteiger partial charge in [-0.15, -0.1) is 0 Å². The van der Waals surface area contributed by atoms with Crippen molar-refractivity contribution in [3.8, 4) is 0 Å². The Bertz CT molecular complexity index is 1010. The number of anilines is 2. The molecule has 0 spiro atoms. The lowest BCUT2D eigenvalue weighted by Gasteiger charge is -2.29. The molecule has 1 aromatic carbocycles. The molecule has 0 unspecified atom stereocenters. The number of hydrogen-bond donors (Lipinski definition) is 1. The predicted octanol–water partition coefficient (Wildman–Crippen LogP) is 3.35. The van der Waals surface area contributed by atoms with E-state index in [9.17, 15) is 9.18 Å². The second-order valence-electron chi connectivity index (χ2n) is 7.18. The molecule has 3 aromatic rings. The number of aromatic nitrogens is 3. The maximum Gasteiger partial charge on any atom is 0.226 e. The number of carbonyl (C=O) groups is 1. The number of oxazole rings is 1. The molecule has 0 bridgehead atoms. The monoisotopic (exact) mass is 395 g/mol. The number of halogens is 1. The zero-order valence-electron chi connectivity index (χ0n) is 16.4. The summed E-state index contributed by atoms with van der Waals surface area (Å²) >= 11 is 0. The van der Waals surface area contributed by atoms with Crippen molar-refractivity contribution in [3.05, 3.63) is 64.9 Å². The minimum absolute atomic E-state index is 0.127. The Labute approximate surface area is 168 Å². The molecule has 29 heavy (non-hydrogen) atoms. The molecule has 0 radical (unpaired) electrons. The summed E-state index contributed by atoms with van der Waals surface area (Å²) in [6.45, 7) is 5.03. The number of hydrogen-bond acceptors (Lipinski definition) is 6. The van der Waals surface area contributed by atoms with Gasteiger partial charge in [-0.2, -0.15) is 0 Å². The van der Waals surface area contributed by atoms with Gasteiger partial charge in [0.25, 0.3) is 0 Å². The summed E-state index contributed by atoms with van der Waals surface area (Å²) in [5.41, 5.74) is 4.89. The number of rotatable bonds is 5. The summed E-state index contributed by atoms with van der Waals surface area (Å²) in [5, 5.41) is 2.90. The summed E-state index contributed by atoms with van der Waals surface area (Å²) in [6, 6.07) is 4.92. The molecule has 1 N–H and O–H groups in total.